The lowest BCUT2D eigenvalue weighted by molar-refractivity contribution is 0.378. The fourth-order valence-corrected chi connectivity index (χ4v) is 0.797. The van der Waals surface area contributed by atoms with Crippen molar-refractivity contribution in [1.29, 1.82) is 0 Å². The molecule has 0 aliphatic rings. The van der Waals surface area contributed by atoms with Gasteiger partial charge >= 0.3 is 0 Å². The molecule has 0 saturated carbocycles. The van der Waals surface area contributed by atoms with E-state index in [9.17, 15) is 4.39 Å². The maximum absolute atomic E-state index is 12.0. The van der Waals surface area contributed by atoms with Crippen LogP contribution < -0.4 is 0 Å². The third-order valence-electron chi connectivity index (χ3n) is 0.537. The fourth-order valence-electron chi connectivity index (χ4n) is 0.310. The first kappa shape index (κ1) is 8.75. The molecule has 0 fully saturated rings. The molecule has 9 heavy (non-hydrogen) atoms. The van der Waals surface area contributed by atoms with Crippen molar-refractivity contribution in [2.24, 2.45) is 9.98 Å². The molecule has 0 aromatic heterocycles. The highest BCUT2D eigenvalue weighted by molar-refractivity contribution is 9.19. The highest BCUT2D eigenvalue weighted by atomic mass is 79.9. The van der Waals surface area contributed by atoms with Gasteiger partial charge in [0.15, 0.2) is 6.30 Å². The molecule has 0 spiro atoms. The van der Waals surface area contributed by atoms with E-state index in [0.29, 0.717) is 4.62 Å². The second kappa shape index (κ2) is 4.61. The zero-order chi connectivity index (χ0) is 7.28. The number of alkyl halides is 1. The number of rotatable bonds is 2. The maximum atomic E-state index is 12.0. The minimum absolute atomic E-state index is 0.431. The molecule has 0 aliphatic carbocycles. The van der Waals surface area contributed by atoms with Crippen LogP contribution >= 0.6 is 15.9 Å². The third-order valence-corrected chi connectivity index (χ3v) is 0.946. The molecule has 0 heterocycles. The molecule has 0 aliphatic heterocycles. The predicted molar refractivity (Wildman–Crippen MR) is 41.3 cm³/mol. The van der Waals surface area contributed by atoms with Gasteiger partial charge in [-0.1, -0.05) is 0 Å². The van der Waals surface area contributed by atoms with E-state index < -0.39 is 6.30 Å². The van der Waals surface area contributed by atoms with Crippen molar-refractivity contribution < 1.29 is 4.39 Å². The number of halogens is 2. The summed E-state index contributed by atoms with van der Waals surface area (Å²) in [5.41, 5.74) is 0. The van der Waals surface area contributed by atoms with Crippen molar-refractivity contribution in [3.63, 3.8) is 0 Å². The SMILES string of the molecule is CN=CC(Br)=NC(C)F. The van der Waals surface area contributed by atoms with Crippen LogP contribution in [0.2, 0.25) is 0 Å². The summed E-state index contributed by atoms with van der Waals surface area (Å²) >= 11 is 3.00. The summed E-state index contributed by atoms with van der Waals surface area (Å²) in [7, 11) is 1.60. The Balaban J connectivity index is 3.84. The Morgan fingerprint density at radius 3 is 2.67 bits per heavy atom. The second-order valence-corrected chi connectivity index (χ2v) is 2.23. The quantitative estimate of drug-likeness (QED) is 0.474. The van der Waals surface area contributed by atoms with E-state index in [0.717, 1.165) is 0 Å². The lowest BCUT2D eigenvalue weighted by Gasteiger charge is -1.90. The van der Waals surface area contributed by atoms with Crippen molar-refractivity contribution >= 4 is 26.8 Å². The molecular weight excluding hydrogens is 187 g/mol. The molecular formula is C5H8BrFN2. The summed E-state index contributed by atoms with van der Waals surface area (Å²) in [6.07, 6.45) is 0.271. The molecule has 4 heteroatoms. The minimum Gasteiger partial charge on any atom is -0.294 e. The molecule has 1 atom stereocenters. The highest BCUT2D eigenvalue weighted by Crippen LogP contribution is 1.94. The zero-order valence-electron chi connectivity index (χ0n) is 5.31. The number of nitrogens with zero attached hydrogens (tertiary/aromatic N) is 2. The van der Waals surface area contributed by atoms with Crippen molar-refractivity contribution in [2.75, 3.05) is 7.05 Å². The molecule has 0 aromatic rings. The van der Waals surface area contributed by atoms with Gasteiger partial charge in [0.05, 0.1) is 6.21 Å². The fraction of sp³-hybridized carbons (Fsp3) is 0.600. The largest absolute Gasteiger partial charge is 0.294 e. The number of aliphatic imine (C=N–C) groups is 2. The van der Waals surface area contributed by atoms with Crippen LogP contribution in [0.5, 0.6) is 0 Å². The molecule has 0 N–H and O–H groups in total. The van der Waals surface area contributed by atoms with E-state index in [1.165, 1.54) is 13.1 Å². The van der Waals surface area contributed by atoms with Gasteiger partial charge in [-0.2, -0.15) is 0 Å². The van der Waals surface area contributed by atoms with Gasteiger partial charge in [-0.25, -0.2) is 9.38 Å². The van der Waals surface area contributed by atoms with E-state index in [4.69, 9.17) is 0 Å². The summed E-state index contributed by atoms with van der Waals surface area (Å²) in [6.45, 7) is 1.35. The smallest absolute Gasteiger partial charge is 0.188 e. The zero-order valence-corrected chi connectivity index (χ0v) is 6.89. The Morgan fingerprint density at radius 1 is 1.78 bits per heavy atom. The molecule has 0 aromatic carbocycles. The summed E-state index contributed by atoms with van der Waals surface area (Å²) in [6, 6.07) is 0. The van der Waals surface area contributed by atoms with Gasteiger partial charge in [0, 0.05) is 7.05 Å². The Hall–Kier alpha value is -0.250. The standard InChI is InChI=1S/C5H8BrFN2/c1-4(7)9-5(6)3-8-2/h3-4H,1-2H3. The Kier molecular flexibility index (Phi) is 4.48. The van der Waals surface area contributed by atoms with Crippen LogP contribution in [0.4, 0.5) is 4.39 Å². The molecule has 0 bridgehead atoms. The van der Waals surface area contributed by atoms with Crippen LogP contribution in [-0.4, -0.2) is 24.2 Å². The van der Waals surface area contributed by atoms with Crippen molar-refractivity contribution in [3.8, 4) is 0 Å². The lowest BCUT2D eigenvalue weighted by atomic mass is 10.7. The average molecular weight is 195 g/mol. The Bertz CT molecular complexity index is 131. The molecule has 52 valence electrons. The summed E-state index contributed by atoms with van der Waals surface area (Å²) in [4.78, 5) is 7.10. The van der Waals surface area contributed by atoms with E-state index in [1.54, 1.807) is 7.05 Å². The van der Waals surface area contributed by atoms with Crippen LogP contribution in [0.15, 0.2) is 9.98 Å². The highest BCUT2D eigenvalue weighted by Gasteiger charge is 1.92. The van der Waals surface area contributed by atoms with Crippen LogP contribution in [0, 0.1) is 0 Å². The average Bonchev–Trinajstić information content (AvgIpc) is 1.63. The van der Waals surface area contributed by atoms with Gasteiger partial charge < -0.3 is 0 Å². The minimum atomic E-state index is -1.17. The summed E-state index contributed by atoms with van der Waals surface area (Å²) in [5.74, 6) is 0. The molecule has 1 unspecified atom stereocenters. The Labute approximate surface area is 62.0 Å². The van der Waals surface area contributed by atoms with Gasteiger partial charge in [-0.3, -0.25) is 4.99 Å². The summed E-state index contributed by atoms with van der Waals surface area (Å²) < 4.78 is 12.4. The van der Waals surface area contributed by atoms with Crippen molar-refractivity contribution in [1.82, 2.24) is 0 Å². The summed E-state index contributed by atoms with van der Waals surface area (Å²) in [5, 5.41) is 0. The molecule has 0 radical (unpaired) electrons. The first-order valence-electron chi connectivity index (χ1n) is 2.46. The maximum Gasteiger partial charge on any atom is 0.188 e. The van der Waals surface area contributed by atoms with Gasteiger partial charge in [0.2, 0.25) is 0 Å². The van der Waals surface area contributed by atoms with Gasteiger partial charge in [-0.15, -0.1) is 0 Å². The van der Waals surface area contributed by atoms with Crippen LogP contribution in [-0.2, 0) is 0 Å². The van der Waals surface area contributed by atoms with Crippen LogP contribution in [0.1, 0.15) is 6.92 Å². The van der Waals surface area contributed by atoms with E-state index in [-0.39, 0.29) is 0 Å². The second-order valence-electron chi connectivity index (χ2n) is 1.41. The van der Waals surface area contributed by atoms with Crippen molar-refractivity contribution in [3.05, 3.63) is 0 Å². The molecule has 0 saturated heterocycles. The van der Waals surface area contributed by atoms with E-state index in [1.807, 2.05) is 0 Å². The number of hydrogen-bond donors (Lipinski definition) is 0. The van der Waals surface area contributed by atoms with Gasteiger partial charge in [-0.05, 0) is 22.9 Å². The molecule has 2 nitrogen and oxygen atoms in total. The van der Waals surface area contributed by atoms with Gasteiger partial charge in [0.1, 0.15) is 4.62 Å². The lowest BCUT2D eigenvalue weighted by Crippen LogP contribution is -1.94. The normalized spacial score (nSPS) is 16.7. The van der Waals surface area contributed by atoms with Crippen LogP contribution in [0.25, 0.3) is 0 Å². The predicted octanol–water partition coefficient (Wildman–Crippen LogP) is 1.80. The first-order chi connectivity index (χ1) is 4.16. The third kappa shape index (κ3) is 5.62. The molecule has 0 amide bonds. The van der Waals surface area contributed by atoms with E-state index >= 15 is 0 Å². The van der Waals surface area contributed by atoms with Gasteiger partial charge in [0.25, 0.3) is 0 Å². The molecule has 0 rings (SSSR count). The van der Waals surface area contributed by atoms with Crippen LogP contribution in [0.3, 0.4) is 0 Å². The van der Waals surface area contributed by atoms with E-state index in [2.05, 4.69) is 25.9 Å². The monoisotopic (exact) mass is 194 g/mol. The Morgan fingerprint density at radius 2 is 2.33 bits per heavy atom. The van der Waals surface area contributed by atoms with Crippen molar-refractivity contribution in [2.45, 2.75) is 13.2 Å². The topological polar surface area (TPSA) is 24.7 Å². The number of hydrogen-bond acceptors (Lipinski definition) is 2. The first-order valence-corrected chi connectivity index (χ1v) is 3.25.